The predicted octanol–water partition coefficient (Wildman–Crippen LogP) is 4.83. The number of piperidine rings is 1. The van der Waals surface area contributed by atoms with Crippen LogP contribution in [0.25, 0.3) is 0 Å². The van der Waals surface area contributed by atoms with Gasteiger partial charge in [0.1, 0.15) is 11.8 Å². The zero-order valence-electron chi connectivity index (χ0n) is 27.0. The van der Waals surface area contributed by atoms with Crippen molar-refractivity contribution in [2.24, 2.45) is 5.92 Å². The summed E-state index contributed by atoms with van der Waals surface area (Å²) >= 11 is 9.27. The van der Waals surface area contributed by atoms with E-state index in [4.69, 9.17) is 17.4 Å². The molecule has 1 aliphatic heterocycles. The molecule has 1 aromatic carbocycles. The number of amides is 1. The van der Waals surface area contributed by atoms with E-state index in [1.54, 1.807) is 0 Å². The first-order valence-electron chi connectivity index (χ1n) is 16.1. The highest BCUT2D eigenvalue weighted by Gasteiger charge is 2.21. The van der Waals surface area contributed by atoms with Crippen LogP contribution in [0.4, 0.5) is 0 Å². The van der Waals surface area contributed by atoms with Gasteiger partial charge in [0.05, 0.1) is 6.61 Å². The molecule has 0 spiro atoms. The maximum absolute atomic E-state index is 12.6. The minimum atomic E-state index is -1.03. The summed E-state index contributed by atoms with van der Waals surface area (Å²) in [4.78, 5) is 26.9. The van der Waals surface area contributed by atoms with Crippen LogP contribution in [0.1, 0.15) is 84.6 Å². The van der Waals surface area contributed by atoms with Gasteiger partial charge in [-0.2, -0.15) is 25.3 Å². The highest BCUT2D eigenvalue weighted by molar-refractivity contribution is 7.82. The molecule has 1 aliphatic rings. The van der Waals surface area contributed by atoms with E-state index in [0.29, 0.717) is 19.4 Å². The molecule has 0 saturated carbocycles. The van der Waals surface area contributed by atoms with Crippen molar-refractivity contribution in [1.29, 1.82) is 0 Å². The van der Waals surface area contributed by atoms with Crippen molar-refractivity contribution in [1.82, 2.24) is 20.9 Å². The third kappa shape index (κ3) is 18.8. The number of unbranched alkanes of at least 4 members (excludes halogenated alkanes) is 2. The lowest BCUT2D eigenvalue weighted by Crippen LogP contribution is -2.42. The largest absolute Gasteiger partial charge is 0.494 e. The van der Waals surface area contributed by atoms with E-state index in [1.807, 2.05) is 24.3 Å². The van der Waals surface area contributed by atoms with E-state index in [9.17, 15) is 14.7 Å². The fourth-order valence-corrected chi connectivity index (χ4v) is 5.70. The van der Waals surface area contributed by atoms with Crippen molar-refractivity contribution in [3.8, 4) is 5.75 Å². The number of rotatable bonds is 22. The Morgan fingerprint density at radius 2 is 1.72 bits per heavy atom. The first-order chi connectivity index (χ1) is 20.3. The molecule has 1 atom stereocenters. The Bertz CT molecular complexity index is 928. The number of carboxylic acids is 1. The van der Waals surface area contributed by atoms with Crippen molar-refractivity contribution in [3.63, 3.8) is 0 Å². The summed E-state index contributed by atoms with van der Waals surface area (Å²) in [5.41, 5.74) is 0.853. The maximum atomic E-state index is 12.6. The lowest BCUT2D eigenvalue weighted by Gasteiger charge is -2.30. The minimum absolute atomic E-state index is 0.0571. The third-order valence-corrected chi connectivity index (χ3v) is 7.93. The lowest BCUT2D eigenvalue weighted by molar-refractivity contribution is -0.141. The second-order valence-corrected chi connectivity index (χ2v) is 15.8. The molecule has 2 rings (SSSR count). The van der Waals surface area contributed by atoms with Crippen molar-refractivity contribution in [2.45, 2.75) is 101 Å². The zero-order valence-corrected chi connectivity index (χ0v) is 28.8. The molecule has 1 saturated heterocycles. The molecule has 8 nitrogen and oxygen atoms in total. The summed E-state index contributed by atoms with van der Waals surface area (Å²) in [7, 11) is 0. The molecule has 1 amide bonds. The molecule has 0 radical (unpaired) electrons. The quantitative estimate of drug-likeness (QED) is 0.0800. The Kier molecular flexibility index (Phi) is 17.4. The number of ether oxygens (including phenoxy) is 1. The van der Waals surface area contributed by atoms with Gasteiger partial charge in [0, 0.05) is 48.5 Å². The van der Waals surface area contributed by atoms with Gasteiger partial charge >= 0.3 is 5.97 Å². The molecule has 1 fully saturated rings. The normalized spacial score (nSPS) is 15.4. The molecule has 0 aliphatic carbocycles. The molecular formula is C33H58N4O4S2. The minimum Gasteiger partial charge on any atom is -0.494 e. The highest BCUT2D eigenvalue weighted by Crippen LogP contribution is 2.20. The monoisotopic (exact) mass is 638 g/mol. The van der Waals surface area contributed by atoms with Gasteiger partial charge in [0.25, 0.3) is 0 Å². The zero-order chi connectivity index (χ0) is 31.7. The van der Waals surface area contributed by atoms with Gasteiger partial charge in [-0.3, -0.25) is 4.79 Å². The SMILES string of the molecule is CC(C)(S)CNCCN(CCCCC(=O)NC(Cc1ccc(OCCCCC2CCNCC2)cc1)C(=O)O)CC(C)(C)S. The van der Waals surface area contributed by atoms with Crippen LogP contribution >= 0.6 is 25.3 Å². The summed E-state index contributed by atoms with van der Waals surface area (Å²) in [6, 6.07) is 6.58. The van der Waals surface area contributed by atoms with Gasteiger partial charge in [0.2, 0.25) is 5.91 Å². The number of thiol groups is 2. The molecule has 246 valence electrons. The molecule has 43 heavy (non-hydrogen) atoms. The summed E-state index contributed by atoms with van der Waals surface area (Å²) < 4.78 is 5.72. The number of carbonyl (C=O) groups is 2. The predicted molar refractivity (Wildman–Crippen MR) is 184 cm³/mol. The van der Waals surface area contributed by atoms with Crippen LogP contribution in [-0.2, 0) is 16.0 Å². The fourth-order valence-electron chi connectivity index (χ4n) is 5.39. The number of nitrogens with zero attached hydrogens (tertiary/aromatic N) is 1. The standard InChI is InChI=1S/C33H58N4O4S2/c1-32(2,42)24-35-19-21-37(25-33(3,4)43)20-7-5-10-30(38)36-29(31(39)40)23-27-11-13-28(14-12-27)41-22-8-6-9-26-15-17-34-18-16-26/h11-14,26,29,34-35,42-43H,5-10,15-25H2,1-4H3,(H,36,38)(H,39,40). The van der Waals surface area contributed by atoms with Crippen LogP contribution in [0, 0.1) is 5.92 Å². The first kappa shape index (κ1) is 37.7. The van der Waals surface area contributed by atoms with Crippen LogP contribution in [0.5, 0.6) is 5.75 Å². The number of aliphatic carboxylic acids is 1. The van der Waals surface area contributed by atoms with Crippen molar-refractivity contribution in [3.05, 3.63) is 29.8 Å². The maximum Gasteiger partial charge on any atom is 0.326 e. The van der Waals surface area contributed by atoms with Crippen LogP contribution < -0.4 is 20.7 Å². The van der Waals surface area contributed by atoms with E-state index < -0.39 is 12.0 Å². The van der Waals surface area contributed by atoms with E-state index in [1.165, 1.54) is 25.7 Å². The number of hydrogen-bond acceptors (Lipinski definition) is 8. The number of benzene rings is 1. The van der Waals surface area contributed by atoms with Crippen molar-refractivity contribution < 1.29 is 19.4 Å². The number of carbonyl (C=O) groups excluding carboxylic acids is 1. The average molecular weight is 639 g/mol. The van der Waals surface area contributed by atoms with Crippen LogP contribution in [0.15, 0.2) is 24.3 Å². The first-order valence-corrected chi connectivity index (χ1v) is 17.0. The molecule has 0 bridgehead atoms. The number of nitrogens with one attached hydrogen (secondary N) is 3. The Morgan fingerprint density at radius 3 is 2.35 bits per heavy atom. The average Bonchev–Trinajstić information content (AvgIpc) is 2.93. The second-order valence-electron chi connectivity index (χ2n) is 13.4. The summed E-state index contributed by atoms with van der Waals surface area (Å²) in [6.07, 6.45) is 8.14. The summed E-state index contributed by atoms with van der Waals surface area (Å²) in [5.74, 6) is 0.383. The summed E-state index contributed by atoms with van der Waals surface area (Å²) in [6.45, 7) is 15.6. The van der Waals surface area contributed by atoms with E-state index in [-0.39, 0.29) is 21.8 Å². The Morgan fingerprint density at radius 1 is 1.02 bits per heavy atom. The van der Waals surface area contributed by atoms with Gasteiger partial charge in [0.15, 0.2) is 0 Å². The molecule has 1 unspecified atom stereocenters. The molecule has 1 heterocycles. The van der Waals surface area contributed by atoms with Crippen molar-refractivity contribution >= 4 is 37.1 Å². The number of carboxylic acid groups (broad SMARTS) is 1. The Labute approximate surface area is 271 Å². The van der Waals surface area contributed by atoms with E-state index in [0.717, 1.165) is 75.9 Å². The molecule has 1 aromatic rings. The smallest absolute Gasteiger partial charge is 0.326 e. The van der Waals surface area contributed by atoms with Crippen molar-refractivity contribution in [2.75, 3.05) is 52.4 Å². The van der Waals surface area contributed by atoms with E-state index >= 15 is 0 Å². The fraction of sp³-hybridized carbons (Fsp3) is 0.758. The van der Waals surface area contributed by atoms with Crippen LogP contribution in [0.3, 0.4) is 0 Å². The highest BCUT2D eigenvalue weighted by atomic mass is 32.1. The van der Waals surface area contributed by atoms with Crippen LogP contribution in [0.2, 0.25) is 0 Å². The lowest BCUT2D eigenvalue weighted by atomic mass is 9.93. The molecule has 0 aromatic heterocycles. The summed E-state index contributed by atoms with van der Waals surface area (Å²) in [5, 5.41) is 19.3. The molecule has 10 heteroatoms. The van der Waals surface area contributed by atoms with Gasteiger partial charge in [-0.25, -0.2) is 4.79 Å². The molecule has 4 N–H and O–H groups in total. The van der Waals surface area contributed by atoms with Gasteiger partial charge in [-0.1, -0.05) is 18.6 Å². The van der Waals surface area contributed by atoms with Crippen LogP contribution in [-0.4, -0.2) is 89.8 Å². The topological polar surface area (TPSA) is 103 Å². The van der Waals surface area contributed by atoms with E-state index in [2.05, 4.69) is 61.2 Å². The third-order valence-electron chi connectivity index (χ3n) is 7.63. The number of hydrogen-bond donors (Lipinski definition) is 6. The molecular weight excluding hydrogens is 581 g/mol. The Hall–Kier alpha value is -1.46. The Balaban J connectivity index is 1.68. The second kappa shape index (κ2) is 19.8. The van der Waals surface area contributed by atoms with Gasteiger partial charge in [-0.15, -0.1) is 0 Å². The van der Waals surface area contributed by atoms with Gasteiger partial charge < -0.3 is 30.7 Å². The van der Waals surface area contributed by atoms with Gasteiger partial charge in [-0.05, 0) is 109 Å².